The van der Waals surface area contributed by atoms with Gasteiger partial charge in [0.25, 0.3) is 5.91 Å². The molecule has 94 valence electrons. The maximum Gasteiger partial charge on any atom is 0.250 e. The largest absolute Gasteiger partial charge is 0.314 e. The zero-order valence-electron chi connectivity index (χ0n) is 10.3. The molecule has 1 aromatic carbocycles. The van der Waals surface area contributed by atoms with Crippen molar-refractivity contribution >= 4 is 22.4 Å². The van der Waals surface area contributed by atoms with E-state index >= 15 is 0 Å². The second-order valence-electron chi connectivity index (χ2n) is 4.32. The van der Waals surface area contributed by atoms with E-state index in [1.54, 1.807) is 6.92 Å². The Bertz CT molecular complexity index is 548. The summed E-state index contributed by atoms with van der Waals surface area (Å²) in [6, 6.07) is 9.30. The third kappa shape index (κ3) is 2.57. The number of aryl methyl sites for hydroxylation is 1. The van der Waals surface area contributed by atoms with E-state index in [1.807, 2.05) is 42.6 Å². The van der Waals surface area contributed by atoms with E-state index in [-0.39, 0.29) is 5.91 Å². The molecule has 0 fully saturated rings. The van der Waals surface area contributed by atoms with Crippen LogP contribution in [0.2, 0.25) is 0 Å². The van der Waals surface area contributed by atoms with Crippen molar-refractivity contribution in [2.75, 3.05) is 5.32 Å². The highest BCUT2D eigenvalue weighted by atomic mass is 32.1. The Morgan fingerprint density at radius 1 is 1.39 bits per heavy atom. The SMILES string of the molecule is Cc1csc(NC(=O)C(C)(N)c2ccccc2)n1. The van der Waals surface area contributed by atoms with E-state index in [9.17, 15) is 4.79 Å². The number of amides is 1. The van der Waals surface area contributed by atoms with Crippen molar-refractivity contribution in [3.63, 3.8) is 0 Å². The number of nitrogens with two attached hydrogens (primary N) is 1. The van der Waals surface area contributed by atoms with Gasteiger partial charge in [-0.3, -0.25) is 4.79 Å². The maximum atomic E-state index is 12.2. The van der Waals surface area contributed by atoms with Crippen LogP contribution in [-0.2, 0) is 10.3 Å². The van der Waals surface area contributed by atoms with Crippen molar-refractivity contribution in [2.24, 2.45) is 5.73 Å². The van der Waals surface area contributed by atoms with Crippen LogP contribution in [0.25, 0.3) is 0 Å². The fraction of sp³-hybridized carbons (Fsp3) is 0.231. The van der Waals surface area contributed by atoms with Crippen molar-refractivity contribution in [1.82, 2.24) is 4.98 Å². The zero-order chi connectivity index (χ0) is 13.2. The number of carbonyl (C=O) groups excluding carboxylic acids is 1. The average Bonchev–Trinajstić information content (AvgIpc) is 2.76. The molecule has 0 saturated heterocycles. The van der Waals surface area contributed by atoms with E-state index in [0.717, 1.165) is 11.3 Å². The number of hydrogen-bond acceptors (Lipinski definition) is 4. The van der Waals surface area contributed by atoms with E-state index in [1.165, 1.54) is 11.3 Å². The number of aromatic nitrogens is 1. The number of rotatable bonds is 3. The molecule has 0 aliphatic heterocycles. The number of nitrogens with zero attached hydrogens (tertiary/aromatic N) is 1. The van der Waals surface area contributed by atoms with Crippen molar-refractivity contribution in [3.8, 4) is 0 Å². The smallest absolute Gasteiger partial charge is 0.250 e. The van der Waals surface area contributed by atoms with Crippen LogP contribution < -0.4 is 11.1 Å². The molecule has 0 radical (unpaired) electrons. The molecule has 1 amide bonds. The molecule has 0 aliphatic carbocycles. The Kier molecular flexibility index (Phi) is 3.45. The molecule has 1 heterocycles. The topological polar surface area (TPSA) is 68.0 Å². The van der Waals surface area contributed by atoms with Crippen LogP contribution in [0, 0.1) is 6.92 Å². The van der Waals surface area contributed by atoms with Gasteiger partial charge in [-0.1, -0.05) is 30.3 Å². The van der Waals surface area contributed by atoms with Gasteiger partial charge in [-0.15, -0.1) is 11.3 Å². The van der Waals surface area contributed by atoms with Gasteiger partial charge in [-0.25, -0.2) is 4.98 Å². The monoisotopic (exact) mass is 261 g/mol. The van der Waals surface area contributed by atoms with Gasteiger partial charge in [0.2, 0.25) is 0 Å². The van der Waals surface area contributed by atoms with Crippen molar-refractivity contribution in [3.05, 3.63) is 47.0 Å². The first-order valence-electron chi connectivity index (χ1n) is 5.58. The summed E-state index contributed by atoms with van der Waals surface area (Å²) in [5.74, 6) is -0.261. The van der Waals surface area contributed by atoms with Gasteiger partial charge < -0.3 is 11.1 Å². The van der Waals surface area contributed by atoms with Gasteiger partial charge in [0.1, 0.15) is 5.54 Å². The predicted octanol–water partition coefficient (Wildman–Crippen LogP) is 2.26. The average molecular weight is 261 g/mol. The van der Waals surface area contributed by atoms with Gasteiger partial charge in [0, 0.05) is 5.38 Å². The molecule has 3 N–H and O–H groups in total. The standard InChI is InChI=1S/C13H15N3OS/c1-9-8-18-12(15-9)16-11(17)13(2,14)10-6-4-3-5-7-10/h3-8H,14H2,1-2H3,(H,15,16,17). The number of carbonyl (C=O) groups is 1. The van der Waals surface area contributed by atoms with E-state index in [0.29, 0.717) is 5.13 Å². The molecule has 1 aromatic heterocycles. The quantitative estimate of drug-likeness (QED) is 0.890. The minimum Gasteiger partial charge on any atom is -0.314 e. The van der Waals surface area contributed by atoms with Gasteiger partial charge in [0.15, 0.2) is 5.13 Å². The summed E-state index contributed by atoms with van der Waals surface area (Å²) in [4.78, 5) is 16.4. The van der Waals surface area contributed by atoms with Gasteiger partial charge in [0.05, 0.1) is 5.69 Å². The molecule has 0 bridgehead atoms. The third-order valence-electron chi connectivity index (χ3n) is 2.68. The van der Waals surface area contributed by atoms with Crippen molar-refractivity contribution in [1.29, 1.82) is 0 Å². The highest BCUT2D eigenvalue weighted by molar-refractivity contribution is 7.13. The minimum atomic E-state index is -1.07. The second-order valence-corrected chi connectivity index (χ2v) is 5.17. The van der Waals surface area contributed by atoms with Crippen LogP contribution in [0.15, 0.2) is 35.7 Å². The molecular weight excluding hydrogens is 246 g/mol. The number of nitrogens with one attached hydrogen (secondary N) is 1. The van der Waals surface area contributed by atoms with E-state index < -0.39 is 5.54 Å². The number of hydrogen-bond donors (Lipinski definition) is 2. The summed E-state index contributed by atoms with van der Waals surface area (Å²) in [6.07, 6.45) is 0. The lowest BCUT2D eigenvalue weighted by molar-refractivity contribution is -0.120. The Balaban J connectivity index is 2.18. The summed E-state index contributed by atoms with van der Waals surface area (Å²) in [7, 11) is 0. The zero-order valence-corrected chi connectivity index (χ0v) is 11.1. The molecule has 2 rings (SSSR count). The van der Waals surface area contributed by atoms with E-state index in [4.69, 9.17) is 5.73 Å². The summed E-state index contributed by atoms with van der Waals surface area (Å²) in [5, 5.41) is 5.20. The van der Waals surface area contributed by atoms with Crippen LogP contribution >= 0.6 is 11.3 Å². The Morgan fingerprint density at radius 2 is 2.06 bits per heavy atom. The summed E-state index contributed by atoms with van der Waals surface area (Å²) < 4.78 is 0. The number of anilines is 1. The molecule has 18 heavy (non-hydrogen) atoms. The first kappa shape index (κ1) is 12.7. The van der Waals surface area contributed by atoms with Crippen LogP contribution in [-0.4, -0.2) is 10.9 Å². The predicted molar refractivity (Wildman–Crippen MR) is 73.5 cm³/mol. The molecule has 0 spiro atoms. The first-order chi connectivity index (χ1) is 8.50. The highest BCUT2D eigenvalue weighted by Crippen LogP contribution is 2.21. The summed E-state index contributed by atoms with van der Waals surface area (Å²) >= 11 is 1.39. The fourth-order valence-electron chi connectivity index (χ4n) is 1.55. The molecule has 5 heteroatoms. The Hall–Kier alpha value is -1.72. The lowest BCUT2D eigenvalue weighted by Crippen LogP contribution is -2.45. The van der Waals surface area contributed by atoms with Gasteiger partial charge in [-0.2, -0.15) is 0 Å². The third-order valence-corrected chi connectivity index (χ3v) is 3.56. The fourth-order valence-corrected chi connectivity index (χ4v) is 2.24. The van der Waals surface area contributed by atoms with Crippen molar-refractivity contribution < 1.29 is 4.79 Å². The Morgan fingerprint density at radius 3 is 2.61 bits per heavy atom. The number of benzene rings is 1. The summed E-state index contributed by atoms with van der Waals surface area (Å²) in [5.41, 5.74) is 6.69. The molecule has 1 atom stereocenters. The lowest BCUT2D eigenvalue weighted by Gasteiger charge is -2.23. The number of thiazole rings is 1. The molecule has 4 nitrogen and oxygen atoms in total. The van der Waals surface area contributed by atoms with Crippen LogP contribution in [0.1, 0.15) is 18.2 Å². The molecule has 0 aliphatic rings. The van der Waals surface area contributed by atoms with Crippen LogP contribution in [0.5, 0.6) is 0 Å². The lowest BCUT2D eigenvalue weighted by atomic mass is 9.92. The maximum absolute atomic E-state index is 12.2. The van der Waals surface area contributed by atoms with Gasteiger partial charge in [-0.05, 0) is 19.4 Å². The van der Waals surface area contributed by atoms with Crippen LogP contribution in [0.3, 0.4) is 0 Å². The highest BCUT2D eigenvalue weighted by Gasteiger charge is 2.30. The van der Waals surface area contributed by atoms with E-state index in [2.05, 4.69) is 10.3 Å². The molecule has 0 saturated carbocycles. The molecule has 1 unspecified atom stereocenters. The molecular formula is C13H15N3OS. The summed E-state index contributed by atoms with van der Waals surface area (Å²) in [6.45, 7) is 3.57. The second kappa shape index (κ2) is 4.88. The first-order valence-corrected chi connectivity index (χ1v) is 6.46. The van der Waals surface area contributed by atoms with Gasteiger partial charge >= 0.3 is 0 Å². The Labute approximate surface area is 110 Å². The normalized spacial score (nSPS) is 13.9. The van der Waals surface area contributed by atoms with Crippen LogP contribution in [0.4, 0.5) is 5.13 Å². The minimum absolute atomic E-state index is 0.261. The molecule has 2 aromatic rings. The van der Waals surface area contributed by atoms with Crippen molar-refractivity contribution in [2.45, 2.75) is 19.4 Å².